The quantitative estimate of drug-likeness (QED) is 0.663. The van der Waals surface area contributed by atoms with E-state index in [2.05, 4.69) is 22.3 Å². The maximum atomic E-state index is 12.5. The van der Waals surface area contributed by atoms with Crippen LogP contribution >= 0.6 is 12.2 Å². The molecule has 0 amide bonds. The minimum absolute atomic E-state index is 0.193. The Morgan fingerprint density at radius 1 is 1.37 bits per heavy atom. The lowest BCUT2D eigenvalue weighted by molar-refractivity contribution is -0.137. The second-order valence-corrected chi connectivity index (χ2v) is 3.84. The van der Waals surface area contributed by atoms with Gasteiger partial charge in [0.15, 0.2) is 5.11 Å². The van der Waals surface area contributed by atoms with Crippen LogP contribution in [0.5, 0.6) is 5.75 Å². The smallest absolute Gasteiger partial charge is 0.416 e. The van der Waals surface area contributed by atoms with E-state index in [4.69, 9.17) is 5.73 Å². The molecule has 0 radical (unpaired) electrons. The molecular weight excluding hydrogens is 291 g/mol. The number of benzene rings is 1. The van der Waals surface area contributed by atoms with E-state index in [1.165, 1.54) is 0 Å². The number of anilines is 1. The van der Waals surface area contributed by atoms with Crippen LogP contribution in [0.1, 0.15) is 5.56 Å². The average molecular weight is 300 g/mol. The number of alkyl halides is 5. The first-order valence-corrected chi connectivity index (χ1v) is 5.29. The van der Waals surface area contributed by atoms with E-state index < -0.39 is 24.8 Å². The monoisotopic (exact) mass is 300 g/mol. The predicted molar refractivity (Wildman–Crippen MR) is 63.4 cm³/mol. The first kappa shape index (κ1) is 15.4. The van der Waals surface area contributed by atoms with Crippen LogP contribution in [0.3, 0.4) is 0 Å². The molecule has 0 heterocycles. The van der Waals surface area contributed by atoms with Crippen LogP contribution in [-0.4, -0.2) is 18.1 Å². The second-order valence-electron chi connectivity index (χ2n) is 3.40. The van der Waals surface area contributed by atoms with Crippen LogP contribution in [0.15, 0.2) is 18.2 Å². The van der Waals surface area contributed by atoms with Gasteiger partial charge in [-0.25, -0.2) is 8.78 Å². The van der Waals surface area contributed by atoms with Gasteiger partial charge in [-0.1, -0.05) is 0 Å². The van der Waals surface area contributed by atoms with Crippen LogP contribution in [0.2, 0.25) is 0 Å². The predicted octanol–water partition coefficient (Wildman–Crippen LogP) is 3.00. The van der Waals surface area contributed by atoms with Crippen molar-refractivity contribution in [2.45, 2.75) is 12.6 Å². The Hall–Kier alpha value is -1.64. The zero-order chi connectivity index (χ0) is 14.6. The Labute approximate surface area is 110 Å². The maximum Gasteiger partial charge on any atom is 0.416 e. The van der Waals surface area contributed by atoms with Gasteiger partial charge in [0.25, 0.3) is 6.43 Å². The molecule has 1 rings (SSSR count). The van der Waals surface area contributed by atoms with Crippen LogP contribution in [0.4, 0.5) is 27.6 Å². The zero-order valence-corrected chi connectivity index (χ0v) is 10.1. The van der Waals surface area contributed by atoms with E-state index in [1.54, 1.807) is 0 Å². The van der Waals surface area contributed by atoms with Gasteiger partial charge < -0.3 is 15.8 Å². The standard InChI is InChI=1S/C10H9F5N2OS/c11-8(12)4-18-7-2-1-5(10(13,14)15)3-6(7)17-9(16)19/h1-3,8H,4H2,(H3,16,17,19). The third-order valence-corrected chi connectivity index (χ3v) is 2.03. The van der Waals surface area contributed by atoms with E-state index in [9.17, 15) is 22.0 Å². The van der Waals surface area contributed by atoms with Gasteiger partial charge >= 0.3 is 6.18 Å². The number of rotatable bonds is 4. The van der Waals surface area contributed by atoms with Crippen LogP contribution in [-0.2, 0) is 6.18 Å². The summed E-state index contributed by atoms with van der Waals surface area (Å²) >= 11 is 4.49. The number of hydrogen-bond donors (Lipinski definition) is 2. The molecule has 1 aromatic rings. The van der Waals surface area contributed by atoms with E-state index in [1.807, 2.05) is 0 Å². The topological polar surface area (TPSA) is 47.3 Å². The number of nitrogens with two attached hydrogens (primary N) is 1. The molecule has 0 aliphatic rings. The van der Waals surface area contributed by atoms with Crippen molar-refractivity contribution in [2.75, 3.05) is 11.9 Å². The fraction of sp³-hybridized carbons (Fsp3) is 0.300. The molecule has 0 bridgehead atoms. The summed E-state index contributed by atoms with van der Waals surface area (Å²) in [5.74, 6) is -0.193. The summed E-state index contributed by atoms with van der Waals surface area (Å²) in [4.78, 5) is 0. The van der Waals surface area contributed by atoms with E-state index in [-0.39, 0.29) is 16.5 Å². The Kier molecular flexibility index (Phi) is 4.87. The molecule has 9 heteroatoms. The molecule has 0 atom stereocenters. The highest BCUT2D eigenvalue weighted by atomic mass is 32.1. The van der Waals surface area contributed by atoms with Crippen molar-refractivity contribution in [3.8, 4) is 5.75 Å². The zero-order valence-electron chi connectivity index (χ0n) is 9.30. The van der Waals surface area contributed by atoms with Gasteiger partial charge in [0.2, 0.25) is 0 Å². The number of hydrogen-bond acceptors (Lipinski definition) is 2. The minimum Gasteiger partial charge on any atom is -0.485 e. The van der Waals surface area contributed by atoms with E-state index >= 15 is 0 Å². The largest absolute Gasteiger partial charge is 0.485 e. The van der Waals surface area contributed by atoms with Crippen LogP contribution in [0, 0.1) is 0 Å². The lowest BCUT2D eigenvalue weighted by Gasteiger charge is -2.15. The first-order chi connectivity index (χ1) is 8.70. The van der Waals surface area contributed by atoms with Gasteiger partial charge in [0.05, 0.1) is 11.3 Å². The molecule has 0 aromatic heterocycles. The lowest BCUT2D eigenvalue weighted by Crippen LogP contribution is -2.20. The fourth-order valence-corrected chi connectivity index (χ4v) is 1.33. The molecule has 1 aromatic carbocycles. The van der Waals surface area contributed by atoms with Gasteiger partial charge in [0.1, 0.15) is 12.4 Å². The van der Waals surface area contributed by atoms with Crippen molar-refractivity contribution in [1.82, 2.24) is 0 Å². The van der Waals surface area contributed by atoms with Crippen molar-refractivity contribution in [2.24, 2.45) is 5.73 Å². The summed E-state index contributed by atoms with van der Waals surface area (Å²) in [7, 11) is 0. The highest BCUT2D eigenvalue weighted by Gasteiger charge is 2.31. The lowest BCUT2D eigenvalue weighted by atomic mass is 10.2. The van der Waals surface area contributed by atoms with Gasteiger partial charge in [-0.3, -0.25) is 0 Å². The van der Waals surface area contributed by atoms with Crippen LogP contribution in [0.25, 0.3) is 0 Å². The number of thiocarbonyl (C=S) groups is 1. The summed E-state index contributed by atoms with van der Waals surface area (Å²) in [5, 5.41) is 1.94. The number of ether oxygens (including phenoxy) is 1. The molecule has 0 saturated heterocycles. The summed E-state index contributed by atoms with van der Waals surface area (Å²) in [6.45, 7) is -0.947. The van der Waals surface area contributed by atoms with Crippen molar-refractivity contribution in [3.63, 3.8) is 0 Å². The van der Waals surface area contributed by atoms with E-state index in [0.717, 1.165) is 6.07 Å². The molecule has 0 unspecified atom stereocenters. The molecule has 0 aliphatic heterocycles. The second kappa shape index (κ2) is 6.00. The van der Waals surface area contributed by atoms with Gasteiger partial charge in [-0.15, -0.1) is 0 Å². The molecule has 3 N–H and O–H groups in total. The molecule has 3 nitrogen and oxygen atoms in total. The third kappa shape index (κ3) is 4.86. The Morgan fingerprint density at radius 3 is 2.47 bits per heavy atom. The van der Waals surface area contributed by atoms with Crippen LogP contribution < -0.4 is 15.8 Å². The SMILES string of the molecule is NC(=S)Nc1cc(C(F)(F)F)ccc1OCC(F)F. The highest BCUT2D eigenvalue weighted by Crippen LogP contribution is 2.35. The maximum absolute atomic E-state index is 12.5. The molecule has 0 spiro atoms. The Balaban J connectivity index is 3.05. The average Bonchev–Trinajstić information content (AvgIpc) is 2.25. The normalized spacial score (nSPS) is 11.5. The summed E-state index contributed by atoms with van der Waals surface area (Å²) < 4.78 is 66.2. The molecule has 0 aliphatic carbocycles. The van der Waals surface area contributed by atoms with Gasteiger partial charge in [-0.2, -0.15) is 13.2 Å². The van der Waals surface area contributed by atoms with E-state index in [0.29, 0.717) is 12.1 Å². The summed E-state index contributed by atoms with van der Waals surface area (Å²) in [6, 6.07) is 2.32. The molecular formula is C10H9F5N2OS. The number of halogens is 5. The van der Waals surface area contributed by atoms with Gasteiger partial charge in [0, 0.05) is 0 Å². The summed E-state index contributed by atoms with van der Waals surface area (Å²) in [6.07, 6.45) is -7.33. The van der Waals surface area contributed by atoms with Crippen molar-refractivity contribution in [1.29, 1.82) is 0 Å². The van der Waals surface area contributed by atoms with Crippen molar-refractivity contribution < 1.29 is 26.7 Å². The molecule has 0 saturated carbocycles. The fourth-order valence-electron chi connectivity index (χ4n) is 1.22. The van der Waals surface area contributed by atoms with Gasteiger partial charge in [-0.05, 0) is 30.4 Å². The van der Waals surface area contributed by atoms with Crippen molar-refractivity contribution >= 4 is 23.0 Å². The highest BCUT2D eigenvalue weighted by molar-refractivity contribution is 7.80. The summed E-state index contributed by atoms with van der Waals surface area (Å²) in [5.41, 5.74) is 3.95. The Morgan fingerprint density at radius 2 is 2.00 bits per heavy atom. The minimum atomic E-state index is -4.58. The molecule has 0 fully saturated rings. The molecule has 106 valence electrons. The number of nitrogens with one attached hydrogen (secondary N) is 1. The Bertz CT molecular complexity index is 464. The van der Waals surface area contributed by atoms with Crippen molar-refractivity contribution in [3.05, 3.63) is 23.8 Å². The first-order valence-electron chi connectivity index (χ1n) is 4.89. The molecule has 19 heavy (non-hydrogen) atoms. The third-order valence-electron chi connectivity index (χ3n) is 1.93.